The number of carbonyl (C=O) groups is 2. The van der Waals surface area contributed by atoms with Crippen LogP contribution in [-0.2, 0) is 4.79 Å². The third-order valence-corrected chi connectivity index (χ3v) is 2.67. The Hall–Kier alpha value is -1.70. The summed E-state index contributed by atoms with van der Waals surface area (Å²) in [4.78, 5) is 22.2. The number of nitrogens with one attached hydrogen (secondary N) is 2. The number of hydrogen-bond acceptors (Lipinski definition) is 5. The number of carboxylic acids is 1. The van der Waals surface area contributed by atoms with Crippen molar-refractivity contribution in [2.75, 3.05) is 11.9 Å². The average molecular weight is 258 g/mol. The fraction of sp³-hybridized carbons (Fsp3) is 0.556. The van der Waals surface area contributed by atoms with E-state index >= 15 is 0 Å². The van der Waals surface area contributed by atoms with Gasteiger partial charge in [0.2, 0.25) is 0 Å². The van der Waals surface area contributed by atoms with Gasteiger partial charge in [-0.3, -0.25) is 10.1 Å². The maximum absolute atomic E-state index is 11.4. The van der Waals surface area contributed by atoms with Crippen molar-refractivity contribution in [2.24, 2.45) is 5.92 Å². The molecule has 0 radical (unpaired) electrons. The Balaban J connectivity index is 2.33. The van der Waals surface area contributed by atoms with Crippen LogP contribution in [0.25, 0.3) is 0 Å². The van der Waals surface area contributed by atoms with Crippen LogP contribution in [0.5, 0.6) is 0 Å². The third kappa shape index (κ3) is 4.77. The van der Waals surface area contributed by atoms with E-state index in [-0.39, 0.29) is 6.54 Å². The van der Waals surface area contributed by atoms with Gasteiger partial charge in [-0.05, 0) is 6.42 Å². The van der Waals surface area contributed by atoms with Crippen LogP contribution < -0.4 is 10.6 Å². The van der Waals surface area contributed by atoms with Crippen molar-refractivity contribution in [3.8, 4) is 0 Å². The Labute approximate surface area is 102 Å². The second-order valence-electron chi connectivity index (χ2n) is 3.44. The number of nitrogens with zero attached hydrogens (tertiary/aromatic N) is 2. The first-order chi connectivity index (χ1) is 8.13. The van der Waals surface area contributed by atoms with Crippen LogP contribution >= 0.6 is 11.5 Å². The van der Waals surface area contributed by atoms with Gasteiger partial charge in [-0.1, -0.05) is 17.8 Å². The summed E-state index contributed by atoms with van der Waals surface area (Å²) < 4.78 is 3.58. The maximum atomic E-state index is 11.4. The second-order valence-corrected chi connectivity index (χ2v) is 4.23. The van der Waals surface area contributed by atoms with Gasteiger partial charge in [0.05, 0.1) is 12.1 Å². The summed E-state index contributed by atoms with van der Waals surface area (Å²) >= 11 is 1.05. The summed E-state index contributed by atoms with van der Waals surface area (Å²) in [5.41, 5.74) is 0. The molecule has 1 aromatic rings. The summed E-state index contributed by atoms with van der Waals surface area (Å²) in [6.07, 6.45) is 2.72. The van der Waals surface area contributed by atoms with Crippen molar-refractivity contribution < 1.29 is 14.7 Å². The van der Waals surface area contributed by atoms with E-state index in [4.69, 9.17) is 5.11 Å². The number of rotatable bonds is 6. The van der Waals surface area contributed by atoms with Gasteiger partial charge >= 0.3 is 12.0 Å². The largest absolute Gasteiger partial charge is 0.481 e. The van der Waals surface area contributed by atoms with Crippen LogP contribution in [0.15, 0.2) is 6.20 Å². The predicted molar refractivity (Wildman–Crippen MR) is 63.0 cm³/mol. The van der Waals surface area contributed by atoms with E-state index < -0.39 is 17.9 Å². The Bertz CT molecular complexity index is 368. The fourth-order valence-electron chi connectivity index (χ4n) is 1.26. The van der Waals surface area contributed by atoms with Crippen molar-refractivity contribution in [1.82, 2.24) is 14.9 Å². The number of carbonyl (C=O) groups excluding carboxylic acids is 1. The molecule has 1 unspecified atom stereocenters. The zero-order valence-electron chi connectivity index (χ0n) is 9.34. The van der Waals surface area contributed by atoms with E-state index in [1.54, 1.807) is 0 Å². The van der Waals surface area contributed by atoms with Crippen molar-refractivity contribution in [3.05, 3.63) is 6.20 Å². The van der Waals surface area contributed by atoms with Crippen LogP contribution in [0.4, 0.5) is 9.80 Å². The first kappa shape index (κ1) is 13.4. The highest BCUT2D eigenvalue weighted by Crippen LogP contribution is 2.09. The Morgan fingerprint density at radius 1 is 1.59 bits per heavy atom. The highest BCUT2D eigenvalue weighted by Gasteiger charge is 2.17. The van der Waals surface area contributed by atoms with Gasteiger partial charge in [-0.15, -0.1) is 5.10 Å². The molecule has 0 fully saturated rings. The Kier molecular flexibility index (Phi) is 5.34. The summed E-state index contributed by atoms with van der Waals surface area (Å²) in [5.74, 6) is -1.45. The summed E-state index contributed by atoms with van der Waals surface area (Å²) in [6.45, 7) is 2.01. The van der Waals surface area contributed by atoms with E-state index in [9.17, 15) is 9.59 Å². The maximum Gasteiger partial charge on any atom is 0.319 e. The molecule has 1 aromatic heterocycles. The topological polar surface area (TPSA) is 104 Å². The molecule has 1 heterocycles. The van der Waals surface area contributed by atoms with E-state index in [2.05, 4.69) is 20.2 Å². The molecular weight excluding hydrogens is 244 g/mol. The van der Waals surface area contributed by atoms with Crippen molar-refractivity contribution >= 4 is 28.5 Å². The Morgan fingerprint density at radius 3 is 2.88 bits per heavy atom. The van der Waals surface area contributed by atoms with Gasteiger partial charge in [0.1, 0.15) is 5.00 Å². The quantitative estimate of drug-likeness (QED) is 0.710. The van der Waals surface area contributed by atoms with Gasteiger partial charge in [0.25, 0.3) is 0 Å². The lowest BCUT2D eigenvalue weighted by Crippen LogP contribution is -2.35. The molecule has 3 N–H and O–H groups in total. The molecule has 0 aliphatic rings. The number of anilines is 1. The number of aliphatic carboxylic acids is 1. The van der Waals surface area contributed by atoms with Crippen molar-refractivity contribution in [2.45, 2.75) is 19.8 Å². The van der Waals surface area contributed by atoms with Gasteiger partial charge < -0.3 is 10.4 Å². The first-order valence-corrected chi connectivity index (χ1v) is 5.95. The summed E-state index contributed by atoms with van der Waals surface area (Å²) in [5, 5.41) is 18.0. The lowest BCUT2D eigenvalue weighted by molar-refractivity contribution is -0.141. The molecule has 0 spiro atoms. The monoisotopic (exact) mass is 258 g/mol. The lowest BCUT2D eigenvalue weighted by Gasteiger charge is -2.12. The molecular formula is C9H14N4O3S. The minimum Gasteiger partial charge on any atom is -0.481 e. The van der Waals surface area contributed by atoms with E-state index in [1.807, 2.05) is 6.92 Å². The van der Waals surface area contributed by atoms with Crippen molar-refractivity contribution in [1.29, 1.82) is 0 Å². The molecule has 17 heavy (non-hydrogen) atoms. The molecule has 0 aromatic carbocycles. The molecule has 2 amide bonds. The summed E-state index contributed by atoms with van der Waals surface area (Å²) in [6, 6.07) is -0.446. The molecule has 94 valence electrons. The van der Waals surface area contributed by atoms with Crippen LogP contribution in [0, 0.1) is 5.92 Å². The van der Waals surface area contributed by atoms with Crippen LogP contribution in [-0.4, -0.2) is 33.2 Å². The van der Waals surface area contributed by atoms with E-state index in [0.29, 0.717) is 11.4 Å². The highest BCUT2D eigenvalue weighted by molar-refractivity contribution is 7.10. The van der Waals surface area contributed by atoms with Gasteiger partial charge in [-0.25, -0.2) is 4.79 Å². The van der Waals surface area contributed by atoms with Crippen LogP contribution in [0.2, 0.25) is 0 Å². The number of hydrogen-bond donors (Lipinski definition) is 3. The molecule has 0 aliphatic carbocycles. The SMILES string of the molecule is CCCC(CNC(=O)Nc1cnns1)C(=O)O. The van der Waals surface area contributed by atoms with Crippen LogP contribution in [0.3, 0.4) is 0 Å². The number of urea groups is 1. The third-order valence-electron chi connectivity index (χ3n) is 2.09. The standard InChI is InChI=1S/C9H14N4O3S/c1-2-3-6(8(14)15)4-10-9(16)12-7-5-11-13-17-7/h5-6H,2-4H2,1H3,(H,14,15)(H2,10,12,16). The summed E-state index contributed by atoms with van der Waals surface area (Å²) in [7, 11) is 0. The zero-order chi connectivity index (χ0) is 12.7. The molecule has 0 aliphatic heterocycles. The fourth-order valence-corrected chi connectivity index (χ4v) is 1.67. The molecule has 1 atom stereocenters. The number of aromatic nitrogens is 2. The van der Waals surface area contributed by atoms with Crippen LogP contribution in [0.1, 0.15) is 19.8 Å². The first-order valence-electron chi connectivity index (χ1n) is 5.18. The van der Waals surface area contributed by atoms with E-state index in [0.717, 1.165) is 18.0 Å². The molecule has 1 rings (SSSR count). The average Bonchev–Trinajstić information content (AvgIpc) is 2.76. The minimum absolute atomic E-state index is 0.112. The zero-order valence-corrected chi connectivity index (χ0v) is 10.2. The van der Waals surface area contributed by atoms with Gasteiger partial charge in [0, 0.05) is 18.1 Å². The van der Waals surface area contributed by atoms with Crippen molar-refractivity contribution in [3.63, 3.8) is 0 Å². The number of carboxylic acid groups (broad SMARTS) is 1. The highest BCUT2D eigenvalue weighted by atomic mass is 32.1. The molecule has 0 saturated carbocycles. The van der Waals surface area contributed by atoms with Gasteiger partial charge in [0.15, 0.2) is 0 Å². The van der Waals surface area contributed by atoms with Gasteiger partial charge in [-0.2, -0.15) is 0 Å². The Morgan fingerprint density at radius 2 is 2.35 bits per heavy atom. The number of amides is 2. The molecule has 8 heteroatoms. The minimum atomic E-state index is -0.897. The normalized spacial score (nSPS) is 11.8. The molecule has 0 saturated heterocycles. The lowest BCUT2D eigenvalue weighted by atomic mass is 10.0. The molecule has 7 nitrogen and oxygen atoms in total. The second kappa shape index (κ2) is 6.79. The molecule has 0 bridgehead atoms. The van der Waals surface area contributed by atoms with E-state index in [1.165, 1.54) is 6.20 Å². The predicted octanol–water partition coefficient (Wildman–Crippen LogP) is 1.16. The smallest absolute Gasteiger partial charge is 0.319 e.